The Labute approximate surface area is 161 Å². The Balaban J connectivity index is 1.57. The number of amides is 1. The lowest BCUT2D eigenvalue weighted by atomic mass is 9.79. The van der Waals surface area contributed by atoms with E-state index >= 15 is 0 Å². The first-order chi connectivity index (χ1) is 13.5. The number of nitrogens with one attached hydrogen (secondary N) is 1. The average Bonchev–Trinajstić information content (AvgIpc) is 2.72. The largest absolute Gasteiger partial charge is 0.497 e. The molecule has 6 heteroatoms. The van der Waals surface area contributed by atoms with E-state index in [1.165, 1.54) is 6.07 Å². The maximum absolute atomic E-state index is 12.6. The van der Waals surface area contributed by atoms with E-state index in [-0.39, 0.29) is 17.7 Å². The number of benzene rings is 2. The van der Waals surface area contributed by atoms with Crippen LogP contribution >= 0.6 is 0 Å². The number of methoxy groups -OCH3 is 1. The molecule has 28 heavy (non-hydrogen) atoms. The third-order valence-electron chi connectivity index (χ3n) is 5.25. The normalized spacial score (nSPS) is 18.5. The van der Waals surface area contributed by atoms with Gasteiger partial charge >= 0.3 is 0 Å². The summed E-state index contributed by atoms with van der Waals surface area (Å²) in [4.78, 5) is 24.8. The summed E-state index contributed by atoms with van der Waals surface area (Å²) in [5.74, 6) is 0.139. The summed E-state index contributed by atoms with van der Waals surface area (Å²) in [6.45, 7) is 0.0295. The number of hydrogen-bond acceptors (Lipinski definition) is 5. The highest BCUT2D eigenvalue weighted by atomic mass is 16.5. The second kappa shape index (κ2) is 7.13. The van der Waals surface area contributed by atoms with E-state index in [2.05, 4.69) is 5.32 Å². The monoisotopic (exact) mass is 379 g/mol. The second-order valence-corrected chi connectivity index (χ2v) is 7.06. The van der Waals surface area contributed by atoms with E-state index in [1.54, 1.807) is 37.4 Å². The number of rotatable bonds is 4. The molecule has 1 unspecified atom stereocenters. The molecule has 1 amide bonds. The average molecular weight is 379 g/mol. The van der Waals surface area contributed by atoms with Gasteiger partial charge in [0.05, 0.1) is 19.0 Å². The van der Waals surface area contributed by atoms with Gasteiger partial charge in [0.25, 0.3) is 5.91 Å². The van der Waals surface area contributed by atoms with E-state index < -0.39 is 11.5 Å². The van der Waals surface area contributed by atoms with Crippen LogP contribution in [0.25, 0.3) is 11.0 Å². The summed E-state index contributed by atoms with van der Waals surface area (Å²) in [5, 5.41) is 14.3. The molecule has 0 bridgehead atoms. The molecule has 0 aliphatic heterocycles. The fraction of sp³-hybridized carbons (Fsp3) is 0.273. The lowest BCUT2D eigenvalue weighted by Gasteiger charge is -2.34. The van der Waals surface area contributed by atoms with Gasteiger partial charge in [-0.2, -0.15) is 0 Å². The Kier molecular flexibility index (Phi) is 4.65. The number of aliphatic hydroxyl groups is 1. The summed E-state index contributed by atoms with van der Waals surface area (Å²) in [6, 6.07) is 13.5. The number of hydrogen-bond donors (Lipinski definition) is 2. The zero-order chi connectivity index (χ0) is 19.7. The molecule has 2 aromatic carbocycles. The number of carbonyl (C=O) groups excluding carboxylic acids is 1. The summed E-state index contributed by atoms with van der Waals surface area (Å²) in [6.07, 6.45) is 2.19. The van der Waals surface area contributed by atoms with Crippen LogP contribution in [-0.2, 0) is 12.0 Å². The zero-order valence-electron chi connectivity index (χ0n) is 15.5. The maximum Gasteiger partial charge on any atom is 0.287 e. The molecule has 1 aliphatic carbocycles. The second-order valence-electron chi connectivity index (χ2n) is 7.06. The number of para-hydroxylation sites is 1. The van der Waals surface area contributed by atoms with Crippen LogP contribution in [0.5, 0.6) is 5.75 Å². The molecule has 0 fully saturated rings. The molecular weight excluding hydrogens is 358 g/mol. The topological polar surface area (TPSA) is 88.8 Å². The van der Waals surface area contributed by atoms with Gasteiger partial charge in [0.2, 0.25) is 0 Å². The number of fused-ring (bicyclic) bond motifs is 2. The minimum Gasteiger partial charge on any atom is -0.497 e. The van der Waals surface area contributed by atoms with Crippen LogP contribution < -0.4 is 15.5 Å². The highest BCUT2D eigenvalue weighted by molar-refractivity contribution is 5.93. The highest BCUT2D eigenvalue weighted by Gasteiger charge is 2.35. The van der Waals surface area contributed by atoms with Crippen LogP contribution in [0.1, 0.15) is 34.5 Å². The van der Waals surface area contributed by atoms with Gasteiger partial charge in [0, 0.05) is 6.07 Å². The van der Waals surface area contributed by atoms with E-state index in [4.69, 9.17) is 9.15 Å². The van der Waals surface area contributed by atoms with Crippen molar-refractivity contribution in [1.29, 1.82) is 0 Å². The summed E-state index contributed by atoms with van der Waals surface area (Å²) < 4.78 is 10.8. The van der Waals surface area contributed by atoms with Crippen LogP contribution in [0, 0.1) is 0 Å². The zero-order valence-corrected chi connectivity index (χ0v) is 15.5. The predicted molar refractivity (Wildman–Crippen MR) is 105 cm³/mol. The highest BCUT2D eigenvalue weighted by Crippen LogP contribution is 2.36. The summed E-state index contributed by atoms with van der Waals surface area (Å²) in [7, 11) is 1.61. The number of carbonyl (C=O) groups is 1. The molecular formula is C22H21NO5. The third-order valence-corrected chi connectivity index (χ3v) is 5.25. The number of ether oxygens (including phenoxy) is 1. The quantitative estimate of drug-likeness (QED) is 0.728. The van der Waals surface area contributed by atoms with Crippen molar-refractivity contribution >= 4 is 16.9 Å². The fourth-order valence-electron chi connectivity index (χ4n) is 3.78. The van der Waals surface area contributed by atoms with Crippen LogP contribution in [0.4, 0.5) is 0 Å². The van der Waals surface area contributed by atoms with Crippen molar-refractivity contribution in [3.63, 3.8) is 0 Å². The molecule has 1 aliphatic rings. The van der Waals surface area contributed by atoms with Gasteiger partial charge < -0.3 is 19.6 Å². The predicted octanol–water partition coefficient (Wildman–Crippen LogP) is 2.76. The van der Waals surface area contributed by atoms with Crippen LogP contribution in [0.2, 0.25) is 0 Å². The molecule has 6 nitrogen and oxygen atoms in total. The van der Waals surface area contributed by atoms with Crippen LogP contribution in [-0.4, -0.2) is 24.7 Å². The van der Waals surface area contributed by atoms with E-state index in [1.807, 2.05) is 12.1 Å². The Morgan fingerprint density at radius 2 is 2.07 bits per heavy atom. The molecule has 1 atom stereocenters. The SMILES string of the molecule is COc1ccc2c(c1)CCCC2(O)CNC(=O)c1cc(=O)c2ccccc2o1. The molecule has 0 radical (unpaired) electrons. The van der Waals surface area contributed by atoms with Crippen molar-refractivity contribution in [3.8, 4) is 5.75 Å². The first-order valence-corrected chi connectivity index (χ1v) is 9.21. The maximum atomic E-state index is 12.6. The first kappa shape index (κ1) is 18.3. The van der Waals surface area contributed by atoms with Crippen molar-refractivity contribution in [2.24, 2.45) is 0 Å². The summed E-state index contributed by atoms with van der Waals surface area (Å²) in [5.41, 5.74) is 0.710. The smallest absolute Gasteiger partial charge is 0.287 e. The molecule has 4 rings (SSSR count). The fourth-order valence-corrected chi connectivity index (χ4v) is 3.78. The third kappa shape index (κ3) is 3.27. The lowest BCUT2D eigenvalue weighted by molar-refractivity contribution is 0.0186. The molecule has 0 saturated carbocycles. The van der Waals surface area contributed by atoms with E-state index in [9.17, 15) is 14.7 Å². The van der Waals surface area contributed by atoms with Gasteiger partial charge in [0.1, 0.15) is 16.9 Å². The summed E-state index contributed by atoms with van der Waals surface area (Å²) >= 11 is 0. The van der Waals surface area contributed by atoms with E-state index in [0.717, 1.165) is 29.7 Å². The van der Waals surface area contributed by atoms with Gasteiger partial charge in [-0.3, -0.25) is 9.59 Å². The molecule has 1 aromatic heterocycles. The molecule has 3 aromatic rings. The van der Waals surface area contributed by atoms with Crippen LogP contribution in [0.15, 0.2) is 57.7 Å². The number of aryl methyl sites for hydroxylation is 1. The Morgan fingerprint density at radius 1 is 1.25 bits per heavy atom. The van der Waals surface area contributed by atoms with Gasteiger partial charge in [-0.15, -0.1) is 0 Å². The van der Waals surface area contributed by atoms with Gasteiger partial charge in [-0.05, 0) is 54.7 Å². The Bertz CT molecular complexity index is 1100. The molecule has 0 spiro atoms. The Morgan fingerprint density at radius 3 is 2.89 bits per heavy atom. The van der Waals surface area contributed by atoms with Crippen molar-refractivity contribution in [2.75, 3.05) is 13.7 Å². The minimum atomic E-state index is -1.17. The first-order valence-electron chi connectivity index (χ1n) is 9.21. The Hall–Kier alpha value is -3.12. The lowest BCUT2D eigenvalue weighted by Crippen LogP contribution is -2.43. The molecule has 2 N–H and O–H groups in total. The molecule has 1 heterocycles. The van der Waals surface area contributed by atoms with Gasteiger partial charge in [-0.1, -0.05) is 18.2 Å². The van der Waals surface area contributed by atoms with Crippen LogP contribution in [0.3, 0.4) is 0 Å². The van der Waals surface area contributed by atoms with Crippen molar-refractivity contribution in [2.45, 2.75) is 24.9 Å². The van der Waals surface area contributed by atoms with Gasteiger partial charge in [0.15, 0.2) is 11.2 Å². The molecule has 0 saturated heterocycles. The van der Waals surface area contributed by atoms with Crippen molar-refractivity contribution in [1.82, 2.24) is 5.32 Å². The van der Waals surface area contributed by atoms with Crippen molar-refractivity contribution in [3.05, 3.63) is 75.6 Å². The van der Waals surface area contributed by atoms with Gasteiger partial charge in [-0.25, -0.2) is 0 Å². The van der Waals surface area contributed by atoms with E-state index in [0.29, 0.717) is 17.4 Å². The standard InChI is InChI=1S/C22H21NO5/c1-27-15-8-9-17-14(11-15)5-4-10-22(17,26)13-23-21(25)20-12-18(24)16-6-2-3-7-19(16)28-20/h2-3,6-9,11-12,26H,4-5,10,13H2,1H3,(H,23,25). The minimum absolute atomic E-state index is 0.0295. The van der Waals surface area contributed by atoms with Crippen molar-refractivity contribution < 1.29 is 19.1 Å². The molecule has 144 valence electrons.